The highest BCUT2D eigenvalue weighted by atomic mass is 19.4. The van der Waals surface area contributed by atoms with Crippen molar-refractivity contribution < 1.29 is 41.4 Å². The first-order valence-corrected chi connectivity index (χ1v) is 12.6. The normalized spacial score (nSPS) is 22.1. The van der Waals surface area contributed by atoms with Crippen LogP contribution in [0.3, 0.4) is 0 Å². The minimum atomic E-state index is -4.73. The number of urea groups is 1. The molecule has 1 unspecified atom stereocenters. The van der Waals surface area contributed by atoms with E-state index in [1.54, 1.807) is 25.2 Å². The Labute approximate surface area is 226 Å². The van der Waals surface area contributed by atoms with E-state index < -0.39 is 41.5 Å². The number of nitrogens with one attached hydrogen (secondary N) is 2. The van der Waals surface area contributed by atoms with Gasteiger partial charge < -0.3 is 24.4 Å². The molecule has 2 N–H and O–H groups in total. The lowest BCUT2D eigenvalue weighted by Gasteiger charge is -2.35. The molecule has 15 heteroatoms. The summed E-state index contributed by atoms with van der Waals surface area (Å²) in [5.74, 6) is -2.59. The van der Waals surface area contributed by atoms with Gasteiger partial charge in [-0.05, 0) is 33.3 Å². The molecule has 2 fully saturated rings. The number of aromatic nitrogens is 2. The first kappa shape index (κ1) is 27.8. The van der Waals surface area contributed by atoms with Gasteiger partial charge in [0.15, 0.2) is 23.1 Å². The van der Waals surface area contributed by atoms with Crippen LogP contribution in [0.4, 0.5) is 39.7 Å². The summed E-state index contributed by atoms with van der Waals surface area (Å²) in [4.78, 5) is 37.2. The Bertz CT molecular complexity index is 1310. The molecule has 3 aliphatic rings. The third-order valence-electron chi connectivity index (χ3n) is 6.78. The van der Waals surface area contributed by atoms with Crippen LogP contribution in [0.1, 0.15) is 37.7 Å². The molecule has 11 nitrogen and oxygen atoms in total. The highest BCUT2D eigenvalue weighted by molar-refractivity contribution is 6.05. The van der Waals surface area contributed by atoms with Crippen molar-refractivity contribution in [2.24, 2.45) is 0 Å². The lowest BCUT2D eigenvalue weighted by atomic mass is 10.1. The number of carbonyl (C=O) groups excluding carboxylic acids is 2. The number of fused-ring (bicyclic) bond motifs is 4. The first-order valence-electron chi connectivity index (χ1n) is 12.6. The van der Waals surface area contributed by atoms with Gasteiger partial charge in [0.2, 0.25) is 0 Å². The van der Waals surface area contributed by atoms with E-state index >= 15 is 0 Å². The second kappa shape index (κ2) is 10.4. The third-order valence-corrected chi connectivity index (χ3v) is 6.78. The number of hydrogen-bond donors (Lipinski definition) is 2. The predicted octanol–water partition coefficient (Wildman–Crippen LogP) is 3.46. The van der Waals surface area contributed by atoms with Gasteiger partial charge in [0.25, 0.3) is 5.91 Å². The van der Waals surface area contributed by atoms with E-state index in [-0.39, 0.29) is 36.1 Å². The van der Waals surface area contributed by atoms with Crippen LogP contribution in [0.5, 0.6) is 5.75 Å². The number of anilines is 3. The maximum absolute atomic E-state index is 14.9. The molecule has 0 spiro atoms. The summed E-state index contributed by atoms with van der Waals surface area (Å²) in [6.45, 7) is 5.83. The predicted molar refractivity (Wildman–Crippen MR) is 134 cm³/mol. The summed E-state index contributed by atoms with van der Waals surface area (Å²) in [7, 11) is 0. The third kappa shape index (κ3) is 5.75. The van der Waals surface area contributed by atoms with Crippen molar-refractivity contribution in [3.05, 3.63) is 35.9 Å². The first-order chi connectivity index (χ1) is 18.8. The molecule has 216 valence electrons. The topological polar surface area (TPSA) is 118 Å². The molecule has 40 heavy (non-hydrogen) atoms. The zero-order valence-electron chi connectivity index (χ0n) is 21.9. The van der Waals surface area contributed by atoms with Crippen molar-refractivity contribution in [3.63, 3.8) is 0 Å². The molecular formula is C25H28F4N6O5. The van der Waals surface area contributed by atoms with E-state index in [0.29, 0.717) is 31.9 Å². The minimum Gasteiger partial charge on any atom is -0.491 e. The van der Waals surface area contributed by atoms with Gasteiger partial charge in [-0.2, -0.15) is 13.2 Å². The Hall–Kier alpha value is -3.72. The van der Waals surface area contributed by atoms with Crippen LogP contribution in [0.15, 0.2) is 24.4 Å². The number of hydrogen-bond acceptors (Lipinski definition) is 8. The standard InChI is InChI=1S/C25H28F4N6O5/c1-13(25(27,28)29)31-22(36)20-17(26)9-18-21(33-20)35(14-5-7-34(18)10-14)23(37)32-19-8-15(4-6-30-19)38-11-16-12-39-24(2,3)40-16/h4,6,8-9,13-14,16H,5,7,10-12H2,1-3H3,(H,31,36)(H,30,32,37)/t13?,14-,16-/m0/s1. The fourth-order valence-electron chi connectivity index (χ4n) is 4.77. The van der Waals surface area contributed by atoms with Crippen molar-refractivity contribution >= 4 is 29.3 Å². The van der Waals surface area contributed by atoms with Gasteiger partial charge in [0.1, 0.15) is 30.3 Å². The Balaban J connectivity index is 1.34. The monoisotopic (exact) mass is 568 g/mol. The molecule has 5 rings (SSSR count). The number of ether oxygens (including phenoxy) is 3. The van der Waals surface area contributed by atoms with E-state index in [1.165, 1.54) is 17.2 Å². The van der Waals surface area contributed by atoms with Crippen LogP contribution in [-0.2, 0) is 9.47 Å². The maximum atomic E-state index is 14.9. The zero-order chi connectivity index (χ0) is 28.8. The fraction of sp³-hybridized carbons (Fsp3) is 0.520. The minimum absolute atomic E-state index is 0.0362. The molecule has 2 aromatic rings. The number of nitrogens with zero attached hydrogens (tertiary/aromatic N) is 4. The lowest BCUT2D eigenvalue weighted by Crippen LogP contribution is -2.49. The van der Waals surface area contributed by atoms with Gasteiger partial charge in [-0.15, -0.1) is 0 Å². The van der Waals surface area contributed by atoms with Gasteiger partial charge in [0.05, 0.1) is 18.3 Å². The zero-order valence-corrected chi connectivity index (χ0v) is 21.9. The molecule has 2 bridgehead atoms. The van der Waals surface area contributed by atoms with E-state index in [2.05, 4.69) is 15.3 Å². The average Bonchev–Trinajstić information content (AvgIpc) is 3.45. The fourth-order valence-corrected chi connectivity index (χ4v) is 4.77. The van der Waals surface area contributed by atoms with E-state index in [9.17, 15) is 27.2 Å². The van der Waals surface area contributed by atoms with E-state index in [4.69, 9.17) is 14.2 Å². The van der Waals surface area contributed by atoms with Crippen molar-refractivity contribution in [1.29, 1.82) is 0 Å². The highest BCUT2D eigenvalue weighted by Gasteiger charge is 2.42. The summed E-state index contributed by atoms with van der Waals surface area (Å²) < 4.78 is 70.7. The number of alkyl halides is 3. The van der Waals surface area contributed by atoms with Gasteiger partial charge >= 0.3 is 12.2 Å². The molecule has 2 saturated heterocycles. The summed E-state index contributed by atoms with van der Waals surface area (Å²) in [5, 5.41) is 4.38. The van der Waals surface area contributed by atoms with Crippen molar-refractivity contribution in [2.75, 3.05) is 41.4 Å². The number of rotatable bonds is 6. The van der Waals surface area contributed by atoms with Gasteiger partial charge in [0, 0.05) is 31.4 Å². The van der Waals surface area contributed by atoms with E-state index in [0.717, 1.165) is 13.0 Å². The number of halogens is 4. The van der Waals surface area contributed by atoms with Crippen LogP contribution in [0.25, 0.3) is 0 Å². The van der Waals surface area contributed by atoms with Crippen LogP contribution in [0, 0.1) is 5.82 Å². The van der Waals surface area contributed by atoms with Crippen LogP contribution in [0.2, 0.25) is 0 Å². The SMILES string of the molecule is CC(NC(=O)c1nc2c(cc1F)N1CC[C@@H](C1)N2C(=O)Nc1cc(OC[C@H]2COC(C)(C)O2)ccn1)C(F)(F)F. The molecule has 0 aromatic carbocycles. The van der Waals surface area contributed by atoms with Gasteiger partial charge in [-0.1, -0.05) is 0 Å². The van der Waals surface area contributed by atoms with Crippen molar-refractivity contribution in [2.45, 2.75) is 57.3 Å². The number of pyridine rings is 2. The van der Waals surface area contributed by atoms with Gasteiger partial charge in [-0.3, -0.25) is 15.0 Å². The van der Waals surface area contributed by atoms with Gasteiger partial charge in [-0.25, -0.2) is 19.2 Å². The average molecular weight is 569 g/mol. The molecule has 3 aliphatic heterocycles. The maximum Gasteiger partial charge on any atom is 0.408 e. The summed E-state index contributed by atoms with van der Waals surface area (Å²) in [6.07, 6.45) is -3.01. The second-order valence-corrected chi connectivity index (χ2v) is 10.2. The summed E-state index contributed by atoms with van der Waals surface area (Å²) >= 11 is 0. The molecule has 3 amide bonds. The number of amides is 3. The molecule has 5 heterocycles. The quantitative estimate of drug-likeness (QED) is 0.509. The highest BCUT2D eigenvalue weighted by Crippen LogP contribution is 2.40. The van der Waals surface area contributed by atoms with Crippen LogP contribution >= 0.6 is 0 Å². The van der Waals surface area contributed by atoms with Crippen LogP contribution in [-0.4, -0.2) is 78.4 Å². The van der Waals surface area contributed by atoms with Crippen LogP contribution < -0.4 is 25.2 Å². The van der Waals surface area contributed by atoms with Crippen molar-refractivity contribution in [1.82, 2.24) is 15.3 Å². The Morgan fingerprint density at radius 1 is 1.30 bits per heavy atom. The molecule has 2 aromatic heterocycles. The molecular weight excluding hydrogens is 540 g/mol. The Morgan fingerprint density at radius 3 is 2.77 bits per heavy atom. The molecule has 0 aliphatic carbocycles. The largest absolute Gasteiger partial charge is 0.491 e. The molecule has 3 atom stereocenters. The second-order valence-electron chi connectivity index (χ2n) is 10.2. The molecule has 0 saturated carbocycles. The Kier molecular flexibility index (Phi) is 7.20. The Morgan fingerprint density at radius 2 is 2.08 bits per heavy atom. The summed E-state index contributed by atoms with van der Waals surface area (Å²) in [5.41, 5.74) is -0.585. The lowest BCUT2D eigenvalue weighted by molar-refractivity contribution is -0.149. The number of carbonyl (C=O) groups is 2. The smallest absolute Gasteiger partial charge is 0.408 e. The van der Waals surface area contributed by atoms with E-state index in [1.807, 2.05) is 4.90 Å². The van der Waals surface area contributed by atoms with Crippen molar-refractivity contribution in [3.8, 4) is 5.75 Å². The molecule has 0 radical (unpaired) electrons. The summed E-state index contributed by atoms with van der Waals surface area (Å²) in [6, 6.07) is 0.897.